The van der Waals surface area contributed by atoms with E-state index < -0.39 is 0 Å². The molecular formula is C15H19N3. The second-order valence-corrected chi connectivity index (χ2v) is 4.82. The van der Waals surface area contributed by atoms with E-state index >= 15 is 0 Å². The Bertz CT molecular complexity index is 533. The van der Waals surface area contributed by atoms with Crippen molar-refractivity contribution >= 4 is 16.6 Å². The molecule has 3 nitrogen and oxygen atoms in total. The fraction of sp³-hybridized carbons (Fsp3) is 0.400. The van der Waals surface area contributed by atoms with Crippen LogP contribution in [0.1, 0.15) is 13.3 Å². The van der Waals surface area contributed by atoms with E-state index in [9.17, 15) is 0 Å². The van der Waals surface area contributed by atoms with Crippen LogP contribution in [-0.2, 0) is 0 Å². The molecule has 1 unspecified atom stereocenters. The van der Waals surface area contributed by atoms with E-state index in [1.807, 2.05) is 6.20 Å². The van der Waals surface area contributed by atoms with Crippen LogP contribution in [0, 0.1) is 0 Å². The summed E-state index contributed by atoms with van der Waals surface area (Å²) in [5.74, 6) is 1.14. The van der Waals surface area contributed by atoms with Gasteiger partial charge >= 0.3 is 0 Å². The molecule has 2 aromatic rings. The van der Waals surface area contributed by atoms with Gasteiger partial charge in [0.1, 0.15) is 5.82 Å². The predicted molar refractivity (Wildman–Crippen MR) is 76.0 cm³/mol. The molecule has 1 aromatic carbocycles. The quantitative estimate of drug-likeness (QED) is 0.875. The van der Waals surface area contributed by atoms with Crippen molar-refractivity contribution < 1.29 is 0 Å². The molecule has 0 aliphatic carbocycles. The van der Waals surface area contributed by atoms with Gasteiger partial charge in [-0.1, -0.05) is 31.2 Å². The molecule has 2 heterocycles. The van der Waals surface area contributed by atoms with E-state index in [4.69, 9.17) is 0 Å². The molecule has 0 spiro atoms. The van der Waals surface area contributed by atoms with Gasteiger partial charge < -0.3 is 10.2 Å². The van der Waals surface area contributed by atoms with Crippen LogP contribution in [-0.4, -0.2) is 30.7 Å². The lowest BCUT2D eigenvalue weighted by Crippen LogP contribution is -2.51. The minimum absolute atomic E-state index is 0.553. The number of fused-ring (bicyclic) bond motifs is 1. The fourth-order valence-corrected chi connectivity index (χ4v) is 2.74. The first kappa shape index (κ1) is 11.5. The van der Waals surface area contributed by atoms with E-state index in [0.717, 1.165) is 31.9 Å². The first-order valence-corrected chi connectivity index (χ1v) is 6.71. The molecule has 0 amide bonds. The Balaban J connectivity index is 2.07. The lowest BCUT2D eigenvalue weighted by Gasteiger charge is -2.37. The van der Waals surface area contributed by atoms with Crippen molar-refractivity contribution in [2.45, 2.75) is 19.4 Å². The van der Waals surface area contributed by atoms with Crippen molar-refractivity contribution in [3.8, 4) is 0 Å². The number of hydrogen-bond donors (Lipinski definition) is 1. The number of nitrogens with zero attached hydrogens (tertiary/aromatic N) is 2. The van der Waals surface area contributed by atoms with Gasteiger partial charge in [0.15, 0.2) is 0 Å². The number of piperazine rings is 1. The third-order valence-corrected chi connectivity index (χ3v) is 3.75. The Labute approximate surface area is 108 Å². The predicted octanol–water partition coefficient (Wildman–Crippen LogP) is 2.42. The molecule has 0 bridgehead atoms. The molecule has 1 atom stereocenters. The van der Waals surface area contributed by atoms with Crippen molar-refractivity contribution in [3.63, 3.8) is 0 Å². The first-order chi connectivity index (χ1) is 8.90. The van der Waals surface area contributed by atoms with Crippen molar-refractivity contribution in [2.75, 3.05) is 24.5 Å². The van der Waals surface area contributed by atoms with Crippen LogP contribution in [0.2, 0.25) is 0 Å². The third kappa shape index (κ3) is 1.95. The lowest BCUT2D eigenvalue weighted by molar-refractivity contribution is 0.464. The number of anilines is 1. The average Bonchev–Trinajstić information content (AvgIpc) is 2.46. The number of benzene rings is 1. The third-order valence-electron chi connectivity index (χ3n) is 3.75. The Morgan fingerprint density at radius 2 is 2.22 bits per heavy atom. The SMILES string of the molecule is CCC1CNCCN1c1nccc2ccccc12. The van der Waals surface area contributed by atoms with Gasteiger partial charge in [-0.05, 0) is 17.9 Å². The zero-order chi connectivity index (χ0) is 12.4. The Hall–Kier alpha value is -1.61. The fourth-order valence-electron chi connectivity index (χ4n) is 2.74. The molecule has 1 N–H and O–H groups in total. The smallest absolute Gasteiger partial charge is 0.136 e. The average molecular weight is 241 g/mol. The van der Waals surface area contributed by atoms with Crippen LogP contribution in [0.4, 0.5) is 5.82 Å². The molecule has 18 heavy (non-hydrogen) atoms. The maximum Gasteiger partial charge on any atom is 0.136 e. The summed E-state index contributed by atoms with van der Waals surface area (Å²) in [6, 6.07) is 11.1. The van der Waals surface area contributed by atoms with Crippen LogP contribution in [0.3, 0.4) is 0 Å². The lowest BCUT2D eigenvalue weighted by atomic mass is 10.1. The summed E-state index contributed by atoms with van der Waals surface area (Å²) in [7, 11) is 0. The van der Waals surface area contributed by atoms with Gasteiger partial charge in [-0.25, -0.2) is 4.98 Å². The number of rotatable bonds is 2. The highest BCUT2D eigenvalue weighted by molar-refractivity contribution is 5.92. The summed E-state index contributed by atoms with van der Waals surface area (Å²) in [5.41, 5.74) is 0. The maximum atomic E-state index is 4.63. The minimum Gasteiger partial charge on any atom is -0.351 e. The molecule has 1 aliphatic heterocycles. The molecule has 1 saturated heterocycles. The molecule has 3 heteroatoms. The summed E-state index contributed by atoms with van der Waals surface area (Å²) in [6.07, 6.45) is 3.07. The molecule has 0 radical (unpaired) electrons. The molecule has 1 fully saturated rings. The Kier molecular flexibility index (Phi) is 3.15. The highest BCUT2D eigenvalue weighted by Gasteiger charge is 2.22. The number of pyridine rings is 1. The molecular weight excluding hydrogens is 222 g/mol. The highest BCUT2D eigenvalue weighted by Crippen LogP contribution is 2.26. The van der Waals surface area contributed by atoms with Gasteiger partial charge in [-0.2, -0.15) is 0 Å². The van der Waals surface area contributed by atoms with Crippen molar-refractivity contribution in [2.24, 2.45) is 0 Å². The second-order valence-electron chi connectivity index (χ2n) is 4.82. The summed E-state index contributed by atoms with van der Waals surface area (Å²) < 4.78 is 0. The molecule has 1 aromatic heterocycles. The number of aromatic nitrogens is 1. The number of hydrogen-bond acceptors (Lipinski definition) is 3. The van der Waals surface area contributed by atoms with E-state index in [0.29, 0.717) is 6.04 Å². The highest BCUT2D eigenvalue weighted by atomic mass is 15.3. The largest absolute Gasteiger partial charge is 0.351 e. The van der Waals surface area contributed by atoms with E-state index in [1.54, 1.807) is 0 Å². The normalized spacial score (nSPS) is 20.3. The van der Waals surface area contributed by atoms with Crippen LogP contribution in [0.15, 0.2) is 36.5 Å². The topological polar surface area (TPSA) is 28.2 Å². The molecule has 94 valence electrons. The summed E-state index contributed by atoms with van der Waals surface area (Å²) in [4.78, 5) is 7.08. The minimum atomic E-state index is 0.553. The standard InChI is InChI=1S/C15H19N3/c1-2-13-11-16-9-10-18(13)15-14-6-4-3-5-12(14)7-8-17-15/h3-8,13,16H,2,9-11H2,1H3. The van der Waals surface area contributed by atoms with Gasteiger partial charge in [-0.3, -0.25) is 0 Å². The zero-order valence-corrected chi connectivity index (χ0v) is 10.8. The molecule has 0 saturated carbocycles. The van der Waals surface area contributed by atoms with Crippen LogP contribution >= 0.6 is 0 Å². The van der Waals surface area contributed by atoms with Gasteiger partial charge in [0.25, 0.3) is 0 Å². The summed E-state index contributed by atoms with van der Waals surface area (Å²) in [6.45, 7) is 5.39. The summed E-state index contributed by atoms with van der Waals surface area (Å²) in [5, 5.41) is 6.00. The van der Waals surface area contributed by atoms with Gasteiger partial charge in [-0.15, -0.1) is 0 Å². The second kappa shape index (κ2) is 4.94. The van der Waals surface area contributed by atoms with E-state index in [-0.39, 0.29) is 0 Å². The maximum absolute atomic E-state index is 4.63. The van der Waals surface area contributed by atoms with Crippen LogP contribution in [0.25, 0.3) is 10.8 Å². The summed E-state index contributed by atoms with van der Waals surface area (Å²) >= 11 is 0. The van der Waals surface area contributed by atoms with Crippen molar-refractivity contribution in [1.82, 2.24) is 10.3 Å². The van der Waals surface area contributed by atoms with Crippen LogP contribution < -0.4 is 10.2 Å². The number of nitrogens with one attached hydrogen (secondary N) is 1. The monoisotopic (exact) mass is 241 g/mol. The van der Waals surface area contributed by atoms with Crippen molar-refractivity contribution in [3.05, 3.63) is 36.5 Å². The molecule has 1 aliphatic rings. The van der Waals surface area contributed by atoms with Crippen molar-refractivity contribution in [1.29, 1.82) is 0 Å². The van der Waals surface area contributed by atoms with Gasteiger partial charge in [0.05, 0.1) is 0 Å². The Morgan fingerprint density at radius 3 is 3.11 bits per heavy atom. The Morgan fingerprint density at radius 1 is 1.33 bits per heavy atom. The van der Waals surface area contributed by atoms with Gasteiger partial charge in [0, 0.05) is 37.3 Å². The van der Waals surface area contributed by atoms with E-state index in [2.05, 4.69) is 52.5 Å². The zero-order valence-electron chi connectivity index (χ0n) is 10.8. The van der Waals surface area contributed by atoms with Gasteiger partial charge in [0.2, 0.25) is 0 Å². The van der Waals surface area contributed by atoms with Crippen LogP contribution in [0.5, 0.6) is 0 Å². The first-order valence-electron chi connectivity index (χ1n) is 6.71. The van der Waals surface area contributed by atoms with E-state index in [1.165, 1.54) is 10.8 Å². The molecule has 3 rings (SSSR count).